The first-order chi connectivity index (χ1) is 11.2. The Hall–Kier alpha value is -2.87. The van der Waals surface area contributed by atoms with Crippen LogP contribution >= 0.6 is 11.5 Å². The summed E-state index contributed by atoms with van der Waals surface area (Å²) in [4.78, 5) is 24.2. The summed E-state index contributed by atoms with van der Waals surface area (Å²) in [7, 11) is 1.33. The van der Waals surface area contributed by atoms with Crippen molar-refractivity contribution in [3.8, 4) is 11.5 Å². The minimum atomic E-state index is -0.428. The second-order valence-corrected chi connectivity index (χ2v) is 5.39. The zero-order valence-electron chi connectivity index (χ0n) is 12.5. The highest BCUT2D eigenvalue weighted by atomic mass is 32.1. The second-order valence-electron chi connectivity index (χ2n) is 4.64. The molecule has 3 aromatic rings. The van der Waals surface area contributed by atoms with Crippen LogP contribution in [-0.2, 0) is 4.74 Å². The number of methoxy groups -OCH3 is 1. The molecule has 0 spiro atoms. The normalized spacial score (nSPS) is 10.3. The molecular formula is C15H13N5O2S. The molecule has 0 saturated heterocycles. The molecule has 0 amide bonds. The van der Waals surface area contributed by atoms with Gasteiger partial charge in [0, 0.05) is 23.9 Å². The molecule has 0 aliphatic carbocycles. The largest absolute Gasteiger partial charge is 0.465 e. The van der Waals surface area contributed by atoms with Gasteiger partial charge in [0.25, 0.3) is 0 Å². The Kier molecular flexibility index (Phi) is 4.24. The van der Waals surface area contributed by atoms with Gasteiger partial charge in [-0.15, -0.1) is 0 Å². The molecule has 116 valence electrons. The minimum absolute atomic E-state index is 0.383. The van der Waals surface area contributed by atoms with Gasteiger partial charge >= 0.3 is 5.97 Å². The fourth-order valence-corrected chi connectivity index (χ4v) is 2.44. The SMILES string of the molecule is COC(=O)c1ccc(-c2nsc(Nc3ncccc3C)n2)nc1. The number of hydrogen-bond donors (Lipinski definition) is 1. The van der Waals surface area contributed by atoms with Crippen LogP contribution in [0.25, 0.3) is 11.5 Å². The summed E-state index contributed by atoms with van der Waals surface area (Å²) < 4.78 is 8.91. The molecule has 0 saturated carbocycles. The van der Waals surface area contributed by atoms with Crippen molar-refractivity contribution in [2.45, 2.75) is 6.92 Å². The van der Waals surface area contributed by atoms with E-state index in [1.807, 2.05) is 19.1 Å². The molecule has 0 aliphatic rings. The lowest BCUT2D eigenvalue weighted by molar-refractivity contribution is 0.0600. The quantitative estimate of drug-likeness (QED) is 0.737. The highest BCUT2D eigenvalue weighted by Crippen LogP contribution is 2.23. The number of aryl methyl sites for hydroxylation is 1. The number of hydrogen-bond acceptors (Lipinski definition) is 8. The number of rotatable bonds is 4. The first-order valence-corrected chi connectivity index (χ1v) is 7.52. The Morgan fingerprint density at radius 2 is 2.13 bits per heavy atom. The topological polar surface area (TPSA) is 89.9 Å². The first kappa shape index (κ1) is 15.0. The average Bonchev–Trinajstić information content (AvgIpc) is 3.05. The molecule has 3 aromatic heterocycles. The van der Waals surface area contributed by atoms with Crippen molar-refractivity contribution in [2.24, 2.45) is 0 Å². The van der Waals surface area contributed by atoms with Crippen LogP contribution in [-0.4, -0.2) is 32.4 Å². The van der Waals surface area contributed by atoms with Gasteiger partial charge in [-0.3, -0.25) is 4.98 Å². The number of carbonyl (C=O) groups excluding carboxylic acids is 1. The van der Waals surface area contributed by atoms with Crippen LogP contribution < -0.4 is 5.32 Å². The van der Waals surface area contributed by atoms with E-state index in [0.29, 0.717) is 22.2 Å². The van der Waals surface area contributed by atoms with Gasteiger partial charge < -0.3 is 10.1 Å². The van der Waals surface area contributed by atoms with E-state index in [2.05, 4.69) is 29.4 Å². The minimum Gasteiger partial charge on any atom is -0.465 e. The first-order valence-electron chi connectivity index (χ1n) is 6.74. The summed E-state index contributed by atoms with van der Waals surface area (Å²) in [6, 6.07) is 7.15. The number of nitrogens with zero attached hydrogens (tertiary/aromatic N) is 4. The smallest absolute Gasteiger partial charge is 0.339 e. The maximum atomic E-state index is 11.4. The lowest BCUT2D eigenvalue weighted by Crippen LogP contribution is -2.01. The fourth-order valence-electron chi connectivity index (χ4n) is 1.86. The molecule has 0 atom stereocenters. The molecular weight excluding hydrogens is 314 g/mol. The number of esters is 1. The van der Waals surface area contributed by atoms with Crippen LogP contribution in [0.4, 0.5) is 10.9 Å². The van der Waals surface area contributed by atoms with Gasteiger partial charge in [0.15, 0.2) is 5.82 Å². The van der Waals surface area contributed by atoms with E-state index in [4.69, 9.17) is 0 Å². The number of pyridine rings is 2. The number of ether oxygens (including phenoxy) is 1. The van der Waals surface area contributed by atoms with Crippen LogP contribution in [0.1, 0.15) is 15.9 Å². The molecule has 1 N–H and O–H groups in total. The van der Waals surface area contributed by atoms with Gasteiger partial charge in [-0.2, -0.15) is 9.36 Å². The van der Waals surface area contributed by atoms with Crippen molar-refractivity contribution < 1.29 is 9.53 Å². The van der Waals surface area contributed by atoms with Crippen molar-refractivity contribution in [1.82, 2.24) is 19.3 Å². The number of carbonyl (C=O) groups is 1. The highest BCUT2D eigenvalue weighted by molar-refractivity contribution is 7.09. The lowest BCUT2D eigenvalue weighted by atomic mass is 10.2. The van der Waals surface area contributed by atoms with E-state index in [1.54, 1.807) is 18.3 Å². The predicted molar refractivity (Wildman–Crippen MR) is 86.7 cm³/mol. The number of aromatic nitrogens is 4. The highest BCUT2D eigenvalue weighted by Gasteiger charge is 2.11. The second kappa shape index (κ2) is 6.49. The third kappa shape index (κ3) is 3.32. The molecule has 0 unspecified atom stereocenters. The Balaban J connectivity index is 1.79. The summed E-state index contributed by atoms with van der Waals surface area (Å²) in [5.74, 6) is 0.801. The fraction of sp³-hybridized carbons (Fsp3) is 0.133. The Morgan fingerprint density at radius 1 is 1.26 bits per heavy atom. The maximum Gasteiger partial charge on any atom is 0.339 e. The molecule has 7 nitrogen and oxygen atoms in total. The van der Waals surface area contributed by atoms with Gasteiger partial charge in [-0.1, -0.05) is 6.07 Å². The van der Waals surface area contributed by atoms with Gasteiger partial charge in [0.2, 0.25) is 5.13 Å². The molecule has 0 aromatic carbocycles. The zero-order chi connectivity index (χ0) is 16.2. The van der Waals surface area contributed by atoms with Crippen LogP contribution in [0.2, 0.25) is 0 Å². The van der Waals surface area contributed by atoms with Gasteiger partial charge in [0.05, 0.1) is 12.7 Å². The summed E-state index contributed by atoms with van der Waals surface area (Å²) >= 11 is 1.22. The molecule has 0 bridgehead atoms. The van der Waals surface area contributed by atoms with Crippen LogP contribution in [0, 0.1) is 6.92 Å². The van der Waals surface area contributed by atoms with Crippen LogP contribution in [0.3, 0.4) is 0 Å². The summed E-state index contributed by atoms with van der Waals surface area (Å²) in [6.45, 7) is 1.96. The Bertz CT molecular complexity index is 832. The predicted octanol–water partition coefficient (Wildman–Crippen LogP) is 2.83. The summed E-state index contributed by atoms with van der Waals surface area (Å²) in [5, 5.41) is 3.76. The standard InChI is InChI=1S/C15H13N5O2S/c1-9-4-3-7-16-12(9)18-15-19-13(20-23-15)11-6-5-10(8-17-11)14(21)22-2/h3-8H,1-2H3,(H,16,18,19,20). The lowest BCUT2D eigenvalue weighted by Gasteiger charge is -2.03. The van der Waals surface area contributed by atoms with Crippen molar-refractivity contribution in [3.05, 3.63) is 47.8 Å². The third-order valence-corrected chi connectivity index (χ3v) is 3.70. The van der Waals surface area contributed by atoms with Crippen molar-refractivity contribution in [3.63, 3.8) is 0 Å². The average molecular weight is 327 g/mol. The zero-order valence-corrected chi connectivity index (χ0v) is 13.3. The number of nitrogens with one attached hydrogen (secondary N) is 1. The van der Waals surface area contributed by atoms with E-state index in [1.165, 1.54) is 24.8 Å². The van der Waals surface area contributed by atoms with Crippen molar-refractivity contribution in [1.29, 1.82) is 0 Å². The molecule has 3 heterocycles. The van der Waals surface area contributed by atoms with Gasteiger partial charge in [-0.25, -0.2) is 9.78 Å². The summed E-state index contributed by atoms with van der Waals surface area (Å²) in [5.41, 5.74) is 1.98. The Labute approximate surface area is 136 Å². The molecule has 0 radical (unpaired) electrons. The summed E-state index contributed by atoms with van der Waals surface area (Å²) in [6.07, 6.45) is 3.16. The van der Waals surface area contributed by atoms with E-state index in [0.717, 1.165) is 11.4 Å². The molecule has 3 rings (SSSR count). The maximum absolute atomic E-state index is 11.4. The molecule has 0 fully saturated rings. The van der Waals surface area contributed by atoms with E-state index in [9.17, 15) is 4.79 Å². The van der Waals surface area contributed by atoms with E-state index in [-0.39, 0.29) is 0 Å². The Morgan fingerprint density at radius 3 is 2.83 bits per heavy atom. The third-order valence-electron chi connectivity index (χ3n) is 3.07. The number of anilines is 2. The van der Waals surface area contributed by atoms with Crippen molar-refractivity contribution in [2.75, 3.05) is 12.4 Å². The molecule has 0 aliphatic heterocycles. The van der Waals surface area contributed by atoms with Crippen LogP contribution in [0.15, 0.2) is 36.7 Å². The molecule has 8 heteroatoms. The monoisotopic (exact) mass is 327 g/mol. The molecule has 23 heavy (non-hydrogen) atoms. The van der Waals surface area contributed by atoms with E-state index < -0.39 is 5.97 Å². The van der Waals surface area contributed by atoms with Gasteiger partial charge in [-0.05, 0) is 30.7 Å². The van der Waals surface area contributed by atoms with Crippen molar-refractivity contribution >= 4 is 28.5 Å². The van der Waals surface area contributed by atoms with Gasteiger partial charge in [0.1, 0.15) is 11.5 Å². The van der Waals surface area contributed by atoms with E-state index >= 15 is 0 Å². The van der Waals surface area contributed by atoms with Crippen LogP contribution in [0.5, 0.6) is 0 Å².